The lowest BCUT2D eigenvalue weighted by molar-refractivity contribution is -0.144. The van der Waals surface area contributed by atoms with Crippen LogP contribution in [0.4, 0.5) is 13.2 Å². The zero-order valence-corrected chi connectivity index (χ0v) is 13.6. The molecule has 0 bridgehead atoms. The van der Waals surface area contributed by atoms with Crippen molar-refractivity contribution in [2.75, 3.05) is 6.61 Å². The lowest BCUT2D eigenvalue weighted by Gasteiger charge is -2.16. The van der Waals surface area contributed by atoms with Crippen LogP contribution in [0.15, 0.2) is 24.3 Å². The molecule has 0 radical (unpaired) electrons. The van der Waals surface area contributed by atoms with Gasteiger partial charge in [0.25, 0.3) is 0 Å². The maximum atomic E-state index is 12.7. The second-order valence-electron chi connectivity index (χ2n) is 5.23. The van der Waals surface area contributed by atoms with E-state index in [9.17, 15) is 27.6 Å². The predicted molar refractivity (Wildman–Crippen MR) is 82.1 cm³/mol. The first-order valence-corrected chi connectivity index (χ1v) is 7.54. The number of halogens is 3. The molecule has 0 heterocycles. The molecule has 0 spiro atoms. The molecular formula is C16H19F3N2O4. The number of amides is 2. The summed E-state index contributed by atoms with van der Waals surface area (Å²) in [4.78, 5) is 34.4. The van der Waals surface area contributed by atoms with Gasteiger partial charge in [-0.25, -0.2) is 0 Å². The molecular weight excluding hydrogens is 341 g/mol. The number of carbonyl (C=O) groups is 3. The van der Waals surface area contributed by atoms with Gasteiger partial charge in [-0.05, 0) is 18.6 Å². The lowest BCUT2D eigenvalue weighted by atomic mass is 10.0. The zero-order chi connectivity index (χ0) is 19.0. The highest BCUT2D eigenvalue weighted by Crippen LogP contribution is 2.29. The highest BCUT2D eigenvalue weighted by Gasteiger charge is 2.30. The normalized spacial score (nSPS) is 12.3. The van der Waals surface area contributed by atoms with Gasteiger partial charge < -0.3 is 15.8 Å². The van der Waals surface area contributed by atoms with Crippen LogP contribution >= 0.6 is 0 Å². The van der Waals surface area contributed by atoms with Gasteiger partial charge in [-0.2, -0.15) is 13.2 Å². The molecule has 1 rings (SSSR count). The fourth-order valence-electron chi connectivity index (χ4n) is 2.05. The highest BCUT2D eigenvalue weighted by atomic mass is 19.4. The second-order valence-corrected chi connectivity index (χ2v) is 5.23. The Kier molecular flexibility index (Phi) is 7.41. The summed E-state index contributed by atoms with van der Waals surface area (Å²) >= 11 is 0. The molecule has 25 heavy (non-hydrogen) atoms. The van der Waals surface area contributed by atoms with E-state index >= 15 is 0 Å². The molecule has 0 saturated heterocycles. The van der Waals surface area contributed by atoms with Crippen molar-refractivity contribution in [3.05, 3.63) is 35.4 Å². The Balaban J connectivity index is 2.70. The Bertz CT molecular complexity index is 632. The van der Waals surface area contributed by atoms with Crippen LogP contribution in [0.3, 0.4) is 0 Å². The van der Waals surface area contributed by atoms with Crippen LogP contribution < -0.4 is 11.1 Å². The van der Waals surface area contributed by atoms with Crippen LogP contribution in [-0.4, -0.2) is 30.4 Å². The highest BCUT2D eigenvalue weighted by molar-refractivity contribution is 5.88. The average Bonchev–Trinajstić information content (AvgIpc) is 2.52. The summed E-state index contributed by atoms with van der Waals surface area (Å²) in [5, 5.41) is 2.32. The smallest absolute Gasteiger partial charge is 0.416 e. The molecule has 0 unspecified atom stereocenters. The fraction of sp³-hybridized carbons (Fsp3) is 0.438. The maximum Gasteiger partial charge on any atom is 0.416 e. The van der Waals surface area contributed by atoms with Crippen LogP contribution in [0.25, 0.3) is 0 Å². The minimum absolute atomic E-state index is 0.172. The van der Waals surface area contributed by atoms with Crippen molar-refractivity contribution in [1.29, 1.82) is 0 Å². The summed E-state index contributed by atoms with van der Waals surface area (Å²) in [6, 6.07) is 3.22. The third-order valence-corrected chi connectivity index (χ3v) is 3.23. The third-order valence-electron chi connectivity index (χ3n) is 3.23. The van der Waals surface area contributed by atoms with Gasteiger partial charge in [-0.15, -0.1) is 0 Å². The quantitative estimate of drug-likeness (QED) is 0.688. The van der Waals surface area contributed by atoms with Gasteiger partial charge in [0, 0.05) is 12.8 Å². The maximum absolute atomic E-state index is 12.7. The van der Waals surface area contributed by atoms with Gasteiger partial charge in [-0.3, -0.25) is 14.4 Å². The van der Waals surface area contributed by atoms with Gasteiger partial charge in [0.05, 0.1) is 18.6 Å². The molecule has 0 aliphatic rings. The van der Waals surface area contributed by atoms with Crippen molar-refractivity contribution < 1.29 is 32.3 Å². The van der Waals surface area contributed by atoms with Crippen LogP contribution in [0, 0.1) is 0 Å². The van der Waals surface area contributed by atoms with Crippen molar-refractivity contribution >= 4 is 17.8 Å². The Morgan fingerprint density at radius 3 is 2.48 bits per heavy atom. The summed E-state index contributed by atoms with van der Waals surface area (Å²) in [5.41, 5.74) is 4.53. The van der Waals surface area contributed by atoms with E-state index in [0.29, 0.717) is 0 Å². The molecule has 1 aromatic rings. The van der Waals surface area contributed by atoms with E-state index in [-0.39, 0.29) is 31.4 Å². The number of benzene rings is 1. The number of hydrogen-bond acceptors (Lipinski definition) is 4. The molecule has 1 aromatic carbocycles. The molecule has 1 atom stereocenters. The van der Waals surface area contributed by atoms with Crippen LogP contribution in [0.5, 0.6) is 0 Å². The van der Waals surface area contributed by atoms with Crippen LogP contribution in [-0.2, 0) is 31.7 Å². The Morgan fingerprint density at radius 1 is 1.24 bits per heavy atom. The number of hydrogen-bond donors (Lipinski definition) is 2. The topological polar surface area (TPSA) is 98.5 Å². The number of ether oxygens (including phenoxy) is 1. The van der Waals surface area contributed by atoms with E-state index in [1.807, 2.05) is 0 Å². The molecule has 0 fully saturated rings. The second kappa shape index (κ2) is 9.05. The van der Waals surface area contributed by atoms with E-state index in [1.165, 1.54) is 12.1 Å². The lowest BCUT2D eigenvalue weighted by Crippen LogP contribution is -2.45. The monoisotopic (exact) mass is 360 g/mol. The number of nitrogens with one attached hydrogen (secondary N) is 1. The standard InChI is InChI=1S/C16H19F3N2O4/c1-2-25-14(23)7-6-13(22)21-12(15(20)24)9-10-4-3-5-11(8-10)16(17,18)19/h3-5,8,12H,2,6-7,9H2,1H3,(H2,20,24)(H,21,22)/t12-/m1/s1. The summed E-state index contributed by atoms with van der Waals surface area (Å²) in [6.07, 6.45) is -5.09. The molecule has 6 nitrogen and oxygen atoms in total. The zero-order valence-electron chi connectivity index (χ0n) is 13.6. The molecule has 0 aliphatic carbocycles. The Morgan fingerprint density at radius 2 is 1.92 bits per heavy atom. The Labute approximate surface area is 142 Å². The van der Waals surface area contributed by atoms with Crippen molar-refractivity contribution in [3.63, 3.8) is 0 Å². The van der Waals surface area contributed by atoms with Gasteiger partial charge in [-0.1, -0.05) is 18.2 Å². The molecule has 2 amide bonds. The van der Waals surface area contributed by atoms with Crippen molar-refractivity contribution in [2.45, 2.75) is 38.4 Å². The third kappa shape index (κ3) is 7.23. The molecule has 0 aromatic heterocycles. The molecule has 0 saturated carbocycles. The van der Waals surface area contributed by atoms with Gasteiger partial charge in [0.15, 0.2) is 0 Å². The molecule has 0 aliphatic heterocycles. The van der Waals surface area contributed by atoms with Crippen LogP contribution in [0.1, 0.15) is 30.9 Å². The molecule has 9 heteroatoms. The molecule has 138 valence electrons. The summed E-state index contributed by atoms with van der Waals surface area (Å²) in [7, 11) is 0. The minimum Gasteiger partial charge on any atom is -0.466 e. The SMILES string of the molecule is CCOC(=O)CCC(=O)N[C@H](Cc1cccc(C(F)(F)F)c1)C(N)=O. The predicted octanol–water partition coefficient (Wildman–Crippen LogP) is 1.56. The summed E-state index contributed by atoms with van der Waals surface area (Å²) < 4.78 is 42.8. The Hall–Kier alpha value is -2.58. The summed E-state index contributed by atoms with van der Waals surface area (Å²) in [6.45, 7) is 1.80. The minimum atomic E-state index is -4.51. The summed E-state index contributed by atoms with van der Waals surface area (Å²) in [5.74, 6) is -2.07. The number of carbonyl (C=O) groups excluding carboxylic acids is 3. The van der Waals surface area contributed by atoms with E-state index in [0.717, 1.165) is 12.1 Å². The number of rotatable bonds is 8. The molecule has 3 N–H and O–H groups in total. The van der Waals surface area contributed by atoms with E-state index in [1.54, 1.807) is 6.92 Å². The fourth-order valence-corrected chi connectivity index (χ4v) is 2.05. The number of primary amides is 1. The van der Waals surface area contributed by atoms with E-state index in [4.69, 9.17) is 5.73 Å². The van der Waals surface area contributed by atoms with E-state index < -0.39 is 35.6 Å². The number of esters is 1. The van der Waals surface area contributed by atoms with Crippen molar-refractivity contribution in [3.8, 4) is 0 Å². The van der Waals surface area contributed by atoms with Crippen LogP contribution in [0.2, 0.25) is 0 Å². The van der Waals surface area contributed by atoms with Crippen molar-refractivity contribution in [2.24, 2.45) is 5.73 Å². The van der Waals surface area contributed by atoms with E-state index in [2.05, 4.69) is 10.1 Å². The van der Waals surface area contributed by atoms with Gasteiger partial charge in [0.2, 0.25) is 11.8 Å². The van der Waals surface area contributed by atoms with Gasteiger partial charge in [0.1, 0.15) is 6.04 Å². The number of alkyl halides is 3. The first-order chi connectivity index (χ1) is 11.6. The first-order valence-electron chi connectivity index (χ1n) is 7.54. The largest absolute Gasteiger partial charge is 0.466 e. The van der Waals surface area contributed by atoms with Crippen molar-refractivity contribution in [1.82, 2.24) is 5.32 Å². The number of nitrogens with two attached hydrogens (primary N) is 1. The average molecular weight is 360 g/mol. The first kappa shape index (κ1) is 20.5. The van der Waals surface area contributed by atoms with Gasteiger partial charge >= 0.3 is 12.1 Å².